The summed E-state index contributed by atoms with van der Waals surface area (Å²) in [7, 11) is 0. The molecule has 0 aromatic carbocycles. The number of aliphatic hydroxyl groups is 8. The van der Waals surface area contributed by atoms with Crippen molar-refractivity contribution in [3.8, 4) is 0 Å². The predicted molar refractivity (Wildman–Crippen MR) is 272 cm³/mol. The van der Waals surface area contributed by atoms with E-state index in [-0.39, 0.29) is 18.9 Å². The van der Waals surface area contributed by atoms with Crippen LogP contribution in [0.25, 0.3) is 0 Å². The van der Waals surface area contributed by atoms with Crippen LogP contribution < -0.4 is 5.32 Å². The Balaban J connectivity index is 1.68. The van der Waals surface area contributed by atoms with Gasteiger partial charge in [0, 0.05) is 6.42 Å². The van der Waals surface area contributed by atoms with E-state index in [4.69, 9.17) is 18.9 Å². The molecule has 12 atom stereocenters. The van der Waals surface area contributed by atoms with Crippen molar-refractivity contribution in [2.45, 2.75) is 312 Å². The molecule has 2 saturated heterocycles. The fraction of sp³-hybridized carbons (Fsp3) is 0.945. The van der Waals surface area contributed by atoms with E-state index in [1.54, 1.807) is 6.08 Å². The van der Waals surface area contributed by atoms with Crippen LogP contribution in [0.15, 0.2) is 12.2 Å². The number of unbranched alkanes of at least 4 members (excludes halogenated alkanes) is 32. The van der Waals surface area contributed by atoms with E-state index in [9.17, 15) is 45.6 Å². The summed E-state index contributed by atoms with van der Waals surface area (Å²) in [5.41, 5.74) is 0. The third-order valence-corrected chi connectivity index (χ3v) is 14.2. The third-order valence-electron chi connectivity index (χ3n) is 14.2. The largest absolute Gasteiger partial charge is 0.394 e. The van der Waals surface area contributed by atoms with Gasteiger partial charge in [-0.1, -0.05) is 225 Å². The molecular weight excluding hydrogens is 883 g/mol. The number of amides is 1. The molecule has 408 valence electrons. The normalized spacial score (nSPS) is 26.2. The van der Waals surface area contributed by atoms with Gasteiger partial charge in [-0.2, -0.15) is 0 Å². The lowest BCUT2D eigenvalue weighted by Gasteiger charge is -2.46. The molecule has 0 radical (unpaired) electrons. The van der Waals surface area contributed by atoms with E-state index in [0.29, 0.717) is 6.42 Å². The molecule has 0 aromatic rings. The van der Waals surface area contributed by atoms with E-state index in [1.165, 1.54) is 173 Å². The van der Waals surface area contributed by atoms with Crippen LogP contribution in [0.3, 0.4) is 0 Å². The highest BCUT2D eigenvalue weighted by atomic mass is 16.7. The topological polar surface area (TPSA) is 228 Å². The van der Waals surface area contributed by atoms with Crippen LogP contribution in [0.5, 0.6) is 0 Å². The smallest absolute Gasteiger partial charge is 0.220 e. The summed E-state index contributed by atoms with van der Waals surface area (Å²) in [6, 6.07) is -0.907. The Morgan fingerprint density at radius 1 is 0.507 bits per heavy atom. The van der Waals surface area contributed by atoms with Crippen LogP contribution >= 0.6 is 0 Å². The lowest BCUT2D eigenvalue weighted by molar-refractivity contribution is -0.359. The highest BCUT2D eigenvalue weighted by Gasteiger charge is 2.51. The first kappa shape index (κ1) is 63.8. The highest BCUT2D eigenvalue weighted by Crippen LogP contribution is 2.30. The van der Waals surface area contributed by atoms with Crippen LogP contribution in [0.4, 0.5) is 0 Å². The van der Waals surface area contributed by atoms with Gasteiger partial charge in [0.2, 0.25) is 5.91 Å². The van der Waals surface area contributed by atoms with E-state index in [1.807, 2.05) is 6.08 Å². The quantitative estimate of drug-likeness (QED) is 0.0206. The number of allylic oxidation sites excluding steroid dienone is 1. The van der Waals surface area contributed by atoms with Crippen molar-refractivity contribution in [3.63, 3.8) is 0 Å². The Kier molecular flexibility index (Phi) is 39.0. The van der Waals surface area contributed by atoms with E-state index in [2.05, 4.69) is 19.2 Å². The first-order valence-corrected chi connectivity index (χ1v) is 28.4. The predicted octanol–water partition coefficient (Wildman–Crippen LogP) is 8.72. The van der Waals surface area contributed by atoms with Gasteiger partial charge in [-0.25, -0.2) is 0 Å². The van der Waals surface area contributed by atoms with Crippen molar-refractivity contribution in [3.05, 3.63) is 12.2 Å². The number of hydrogen-bond acceptors (Lipinski definition) is 13. The van der Waals surface area contributed by atoms with Gasteiger partial charge < -0.3 is 65.1 Å². The molecule has 69 heavy (non-hydrogen) atoms. The maximum atomic E-state index is 13.1. The second-order valence-corrected chi connectivity index (χ2v) is 20.4. The fourth-order valence-electron chi connectivity index (χ4n) is 9.59. The number of hydrogen-bond donors (Lipinski definition) is 9. The summed E-state index contributed by atoms with van der Waals surface area (Å²) in [4.78, 5) is 13.1. The van der Waals surface area contributed by atoms with Crippen molar-refractivity contribution in [1.82, 2.24) is 5.32 Å². The molecule has 14 nitrogen and oxygen atoms in total. The van der Waals surface area contributed by atoms with Crippen molar-refractivity contribution in [2.75, 3.05) is 19.8 Å². The zero-order valence-corrected chi connectivity index (χ0v) is 43.6. The SMILES string of the molecule is CCCCCCCCCCCCCCCCCCCCCCCCCCC/C=C/C(O)C(COC1OC(CO)C(OC2OC(CO)C(O)C(O)C2O)C(O)C1O)NC(=O)CCCCCCCCCC. The molecule has 2 rings (SSSR count). The summed E-state index contributed by atoms with van der Waals surface area (Å²) in [5, 5.41) is 86.7. The fourth-order valence-corrected chi connectivity index (χ4v) is 9.59. The summed E-state index contributed by atoms with van der Waals surface area (Å²) >= 11 is 0. The van der Waals surface area contributed by atoms with Crippen molar-refractivity contribution < 1.29 is 64.6 Å². The number of ether oxygens (including phenoxy) is 4. The van der Waals surface area contributed by atoms with Crippen LogP contribution in [0.2, 0.25) is 0 Å². The molecule has 1 amide bonds. The molecule has 0 saturated carbocycles. The van der Waals surface area contributed by atoms with E-state index >= 15 is 0 Å². The van der Waals surface area contributed by atoms with Gasteiger partial charge in [-0.15, -0.1) is 0 Å². The Morgan fingerprint density at radius 2 is 0.899 bits per heavy atom. The Morgan fingerprint density at radius 3 is 1.33 bits per heavy atom. The molecule has 0 aliphatic carbocycles. The molecule has 2 aliphatic rings. The van der Waals surface area contributed by atoms with E-state index in [0.717, 1.165) is 38.5 Å². The second-order valence-electron chi connectivity index (χ2n) is 20.4. The number of carbonyl (C=O) groups is 1. The zero-order valence-electron chi connectivity index (χ0n) is 43.6. The van der Waals surface area contributed by atoms with Crippen LogP contribution in [0, 0.1) is 0 Å². The molecule has 9 N–H and O–H groups in total. The van der Waals surface area contributed by atoms with Gasteiger partial charge >= 0.3 is 0 Å². The third kappa shape index (κ3) is 28.7. The Bertz CT molecular complexity index is 1210. The average Bonchev–Trinajstić information content (AvgIpc) is 3.35. The molecule has 12 unspecified atom stereocenters. The first-order valence-electron chi connectivity index (χ1n) is 28.4. The van der Waals surface area contributed by atoms with Gasteiger partial charge in [0.15, 0.2) is 12.6 Å². The number of carbonyl (C=O) groups excluding carboxylic acids is 1. The monoisotopic (exact) mass is 988 g/mol. The van der Waals surface area contributed by atoms with Crippen molar-refractivity contribution >= 4 is 5.91 Å². The average molecular weight is 988 g/mol. The first-order chi connectivity index (χ1) is 33.6. The Labute approximate surface area is 418 Å². The maximum Gasteiger partial charge on any atom is 0.220 e. The van der Waals surface area contributed by atoms with Crippen LogP contribution in [-0.4, -0.2) is 140 Å². The standard InChI is InChI=1S/C55H105NO13/c1-3-5-7-9-11-13-14-15-16-17-18-19-20-21-22-23-24-25-26-27-28-29-30-31-32-34-36-38-44(59)43(56-47(60)39-37-35-33-12-10-8-6-4-2)42-66-54-52(65)50(63)53(46(41-58)68-54)69-55-51(64)49(62)48(61)45(40-57)67-55/h36,38,43-46,48-55,57-59,61-65H,3-35,37,39-42H2,1-2H3,(H,56,60)/b38-36+. The summed E-state index contributed by atoms with van der Waals surface area (Å²) in [6.07, 6.45) is 30.1. The molecular formula is C55H105NO13. The lowest BCUT2D eigenvalue weighted by atomic mass is 9.97. The molecule has 2 fully saturated rings. The molecule has 2 aliphatic heterocycles. The van der Waals surface area contributed by atoms with Gasteiger partial charge in [0.05, 0.1) is 32.0 Å². The summed E-state index contributed by atoms with van der Waals surface area (Å²) in [5.74, 6) is -0.242. The minimum atomic E-state index is -1.78. The minimum absolute atomic E-state index is 0.242. The van der Waals surface area contributed by atoms with E-state index < -0.39 is 86.8 Å². The van der Waals surface area contributed by atoms with Crippen molar-refractivity contribution in [2.24, 2.45) is 0 Å². The lowest BCUT2D eigenvalue weighted by Crippen LogP contribution is -2.65. The molecule has 2 heterocycles. The number of rotatable bonds is 45. The van der Waals surface area contributed by atoms with Crippen LogP contribution in [0.1, 0.15) is 239 Å². The van der Waals surface area contributed by atoms with Gasteiger partial charge in [0.1, 0.15) is 48.8 Å². The minimum Gasteiger partial charge on any atom is -0.394 e. The Hall–Kier alpha value is -1.27. The van der Waals surface area contributed by atoms with Crippen LogP contribution in [-0.2, 0) is 23.7 Å². The number of aliphatic hydroxyl groups excluding tert-OH is 8. The van der Waals surface area contributed by atoms with Crippen molar-refractivity contribution in [1.29, 1.82) is 0 Å². The summed E-state index contributed by atoms with van der Waals surface area (Å²) < 4.78 is 22.7. The summed E-state index contributed by atoms with van der Waals surface area (Å²) in [6.45, 7) is 2.77. The van der Waals surface area contributed by atoms with Gasteiger partial charge in [-0.3, -0.25) is 4.79 Å². The molecule has 0 aromatic heterocycles. The second kappa shape index (κ2) is 42.1. The molecule has 0 bridgehead atoms. The maximum absolute atomic E-state index is 13.1. The molecule has 14 heteroatoms. The molecule has 0 spiro atoms. The zero-order chi connectivity index (χ0) is 50.3. The number of nitrogens with one attached hydrogen (secondary N) is 1. The van der Waals surface area contributed by atoms with Gasteiger partial charge in [0.25, 0.3) is 0 Å². The highest BCUT2D eigenvalue weighted by molar-refractivity contribution is 5.76. The van der Waals surface area contributed by atoms with Gasteiger partial charge in [-0.05, 0) is 19.3 Å².